The zero-order valence-electron chi connectivity index (χ0n) is 10.7. The van der Waals surface area contributed by atoms with Crippen LogP contribution >= 0.6 is 0 Å². The molecule has 0 aliphatic carbocycles. The van der Waals surface area contributed by atoms with E-state index in [1.165, 1.54) is 17.7 Å². The van der Waals surface area contributed by atoms with Crippen LogP contribution in [0.3, 0.4) is 0 Å². The van der Waals surface area contributed by atoms with Gasteiger partial charge in [0.05, 0.1) is 0 Å². The van der Waals surface area contributed by atoms with Crippen molar-refractivity contribution in [2.75, 3.05) is 6.61 Å². The van der Waals surface area contributed by atoms with E-state index in [1.54, 1.807) is 6.07 Å². The highest BCUT2D eigenvalue weighted by Crippen LogP contribution is 2.21. The van der Waals surface area contributed by atoms with E-state index in [0.29, 0.717) is 18.8 Å². The molecule has 1 atom stereocenters. The number of allylic oxidation sites excluding steroid dienone is 1. The number of nitrogens with two attached hydrogens (primary N) is 1. The Bertz CT molecular complexity index is 395. The lowest BCUT2D eigenvalue weighted by Gasteiger charge is -2.12. The summed E-state index contributed by atoms with van der Waals surface area (Å²) in [6.07, 6.45) is 2.60. The van der Waals surface area contributed by atoms with Gasteiger partial charge < -0.3 is 10.5 Å². The third-order valence-electron chi connectivity index (χ3n) is 2.29. The van der Waals surface area contributed by atoms with E-state index in [9.17, 15) is 4.39 Å². The smallest absolute Gasteiger partial charge is 0.123 e. The van der Waals surface area contributed by atoms with Crippen LogP contribution in [0.4, 0.5) is 4.39 Å². The molecule has 17 heavy (non-hydrogen) atoms. The van der Waals surface area contributed by atoms with Crippen LogP contribution < -0.4 is 10.5 Å². The molecule has 94 valence electrons. The van der Waals surface area contributed by atoms with Crippen LogP contribution in [0.5, 0.6) is 5.75 Å². The lowest BCUT2D eigenvalue weighted by Crippen LogP contribution is -2.18. The van der Waals surface area contributed by atoms with Crippen LogP contribution in [0.1, 0.15) is 26.3 Å². The highest BCUT2D eigenvalue weighted by Gasteiger charge is 2.07. The second-order valence-electron chi connectivity index (χ2n) is 4.53. The summed E-state index contributed by atoms with van der Waals surface area (Å²) in [6.45, 7) is 6.42. The first-order valence-electron chi connectivity index (χ1n) is 5.79. The van der Waals surface area contributed by atoms with E-state index in [-0.39, 0.29) is 11.9 Å². The van der Waals surface area contributed by atoms with Gasteiger partial charge in [0.1, 0.15) is 18.2 Å². The molecule has 0 aliphatic heterocycles. The van der Waals surface area contributed by atoms with Gasteiger partial charge >= 0.3 is 0 Å². The van der Waals surface area contributed by atoms with Crippen LogP contribution in [0.2, 0.25) is 0 Å². The van der Waals surface area contributed by atoms with Gasteiger partial charge in [0.2, 0.25) is 0 Å². The molecule has 1 unspecified atom stereocenters. The molecule has 1 rings (SSSR count). The minimum Gasteiger partial charge on any atom is -0.489 e. The molecule has 0 aromatic heterocycles. The maximum absolute atomic E-state index is 13.1. The van der Waals surface area contributed by atoms with Crippen LogP contribution in [0, 0.1) is 5.82 Å². The highest BCUT2D eigenvalue weighted by molar-refractivity contribution is 5.34. The Morgan fingerprint density at radius 3 is 2.76 bits per heavy atom. The second-order valence-corrected chi connectivity index (χ2v) is 4.53. The molecule has 0 heterocycles. The van der Waals surface area contributed by atoms with Crippen molar-refractivity contribution >= 4 is 0 Å². The Labute approximate surface area is 102 Å². The molecule has 1 aromatic carbocycles. The van der Waals surface area contributed by atoms with E-state index in [0.717, 1.165) is 5.56 Å². The number of hydrogen-bond acceptors (Lipinski definition) is 2. The second kappa shape index (κ2) is 6.40. The number of rotatable bonds is 5. The molecule has 0 saturated carbocycles. The Morgan fingerprint density at radius 2 is 2.18 bits per heavy atom. The van der Waals surface area contributed by atoms with E-state index in [1.807, 2.05) is 26.8 Å². The fraction of sp³-hybridized carbons (Fsp3) is 0.429. The van der Waals surface area contributed by atoms with Crippen LogP contribution in [-0.2, 0) is 6.42 Å². The van der Waals surface area contributed by atoms with Crippen molar-refractivity contribution in [3.05, 3.63) is 41.2 Å². The fourth-order valence-electron chi connectivity index (χ4n) is 1.49. The zero-order chi connectivity index (χ0) is 12.8. The van der Waals surface area contributed by atoms with E-state index >= 15 is 0 Å². The first kappa shape index (κ1) is 13.7. The fourth-order valence-corrected chi connectivity index (χ4v) is 1.49. The number of benzene rings is 1. The monoisotopic (exact) mass is 237 g/mol. The molecule has 0 bridgehead atoms. The predicted molar refractivity (Wildman–Crippen MR) is 68.7 cm³/mol. The van der Waals surface area contributed by atoms with Crippen molar-refractivity contribution in [2.45, 2.75) is 33.2 Å². The van der Waals surface area contributed by atoms with Gasteiger partial charge in [0.15, 0.2) is 0 Å². The Hall–Kier alpha value is -1.35. The Kier molecular flexibility index (Phi) is 5.16. The van der Waals surface area contributed by atoms with Crippen molar-refractivity contribution in [3.63, 3.8) is 0 Å². The average Bonchev–Trinajstić information content (AvgIpc) is 2.20. The van der Waals surface area contributed by atoms with Crippen molar-refractivity contribution in [1.29, 1.82) is 0 Å². The standard InChI is InChI=1S/C14H20FNO/c1-10(2)6-7-17-14-5-4-13(15)9-12(14)8-11(3)16/h4-6,9,11H,7-8,16H2,1-3H3. The van der Waals surface area contributed by atoms with Crippen LogP contribution in [0.25, 0.3) is 0 Å². The summed E-state index contributed by atoms with van der Waals surface area (Å²) >= 11 is 0. The summed E-state index contributed by atoms with van der Waals surface area (Å²) in [5, 5.41) is 0. The van der Waals surface area contributed by atoms with E-state index in [2.05, 4.69) is 0 Å². The molecule has 2 N–H and O–H groups in total. The van der Waals surface area contributed by atoms with Crippen molar-refractivity contribution < 1.29 is 9.13 Å². The van der Waals surface area contributed by atoms with Gasteiger partial charge in [-0.2, -0.15) is 0 Å². The van der Waals surface area contributed by atoms with Gasteiger partial charge in [0.25, 0.3) is 0 Å². The zero-order valence-corrected chi connectivity index (χ0v) is 10.7. The first-order valence-corrected chi connectivity index (χ1v) is 5.79. The molecule has 0 radical (unpaired) electrons. The third kappa shape index (κ3) is 5.00. The van der Waals surface area contributed by atoms with E-state index in [4.69, 9.17) is 10.5 Å². The predicted octanol–water partition coefficient (Wildman–Crippen LogP) is 3.06. The van der Waals surface area contributed by atoms with Gasteiger partial charge in [-0.15, -0.1) is 0 Å². The molecule has 0 aliphatic rings. The van der Waals surface area contributed by atoms with Gasteiger partial charge in [-0.1, -0.05) is 5.57 Å². The lowest BCUT2D eigenvalue weighted by molar-refractivity contribution is 0.356. The number of ether oxygens (including phenoxy) is 1. The van der Waals surface area contributed by atoms with Gasteiger partial charge in [-0.25, -0.2) is 4.39 Å². The summed E-state index contributed by atoms with van der Waals surface area (Å²) in [7, 11) is 0. The minimum atomic E-state index is -0.254. The summed E-state index contributed by atoms with van der Waals surface area (Å²) < 4.78 is 18.7. The van der Waals surface area contributed by atoms with Gasteiger partial charge in [0, 0.05) is 6.04 Å². The first-order chi connectivity index (χ1) is 7.99. The molecule has 1 aromatic rings. The lowest BCUT2D eigenvalue weighted by atomic mass is 10.1. The molecular weight excluding hydrogens is 217 g/mol. The van der Waals surface area contributed by atoms with Crippen LogP contribution in [0.15, 0.2) is 29.8 Å². The summed E-state index contributed by atoms with van der Waals surface area (Å²) in [4.78, 5) is 0. The molecule has 0 fully saturated rings. The average molecular weight is 237 g/mol. The molecular formula is C14H20FNO. The molecule has 0 amide bonds. The number of halogens is 1. The molecule has 3 heteroatoms. The van der Waals surface area contributed by atoms with Crippen molar-refractivity contribution in [3.8, 4) is 5.75 Å². The highest BCUT2D eigenvalue weighted by atomic mass is 19.1. The maximum atomic E-state index is 13.1. The quantitative estimate of drug-likeness (QED) is 0.799. The minimum absolute atomic E-state index is 0.0115. The molecule has 0 saturated heterocycles. The molecule has 2 nitrogen and oxygen atoms in total. The Morgan fingerprint density at radius 1 is 1.47 bits per heavy atom. The topological polar surface area (TPSA) is 35.2 Å². The summed E-state index contributed by atoms with van der Waals surface area (Å²) in [6, 6.07) is 4.54. The van der Waals surface area contributed by atoms with E-state index < -0.39 is 0 Å². The van der Waals surface area contributed by atoms with Gasteiger partial charge in [-0.05, 0) is 57.0 Å². The van der Waals surface area contributed by atoms with Gasteiger partial charge in [-0.3, -0.25) is 0 Å². The number of hydrogen-bond donors (Lipinski definition) is 1. The third-order valence-corrected chi connectivity index (χ3v) is 2.29. The van der Waals surface area contributed by atoms with Crippen molar-refractivity contribution in [1.82, 2.24) is 0 Å². The maximum Gasteiger partial charge on any atom is 0.123 e. The molecule has 0 spiro atoms. The SMILES string of the molecule is CC(C)=CCOc1ccc(F)cc1CC(C)N. The summed E-state index contributed by atoms with van der Waals surface area (Å²) in [5.41, 5.74) is 7.75. The van der Waals surface area contributed by atoms with Crippen molar-refractivity contribution in [2.24, 2.45) is 5.73 Å². The largest absolute Gasteiger partial charge is 0.489 e. The summed E-state index contributed by atoms with van der Waals surface area (Å²) in [5.74, 6) is 0.455. The van der Waals surface area contributed by atoms with Crippen LogP contribution in [-0.4, -0.2) is 12.6 Å². The normalized spacial score (nSPS) is 12.1. The Balaban J connectivity index is 2.79.